The maximum Gasteiger partial charge on any atom is 0.145 e. The zero-order chi connectivity index (χ0) is 12.3. The molecule has 0 heterocycles. The van der Waals surface area contributed by atoms with Crippen LogP contribution in [0.5, 0.6) is 11.5 Å². The maximum absolute atomic E-state index is 13.0. The Hall–Kier alpha value is -2.23. The molecule has 0 aromatic heterocycles. The molecule has 88 valence electrons. The van der Waals surface area contributed by atoms with Crippen molar-refractivity contribution in [1.82, 2.24) is 0 Å². The second-order valence-electron chi connectivity index (χ2n) is 3.64. The number of anilines is 1. The van der Waals surface area contributed by atoms with Crippen molar-refractivity contribution >= 4 is 5.69 Å². The molecular formula is C13H12FNO2. The third kappa shape index (κ3) is 2.87. The zero-order valence-electron chi connectivity index (χ0n) is 9.06. The summed E-state index contributed by atoms with van der Waals surface area (Å²) in [6, 6.07) is 10.6. The van der Waals surface area contributed by atoms with Crippen LogP contribution in [-0.4, -0.2) is 5.11 Å². The first kappa shape index (κ1) is 11.3. The molecule has 0 aliphatic carbocycles. The largest absolute Gasteiger partial charge is 0.508 e. The summed E-state index contributed by atoms with van der Waals surface area (Å²) in [7, 11) is 0. The van der Waals surface area contributed by atoms with Gasteiger partial charge in [-0.2, -0.15) is 0 Å². The molecule has 0 atom stereocenters. The standard InChI is InChI=1S/C13H12FNO2/c14-10-3-6-12(15)13(7-10)17-8-9-1-4-11(16)5-2-9/h1-7,16H,8,15H2. The minimum absolute atomic E-state index is 0.194. The van der Waals surface area contributed by atoms with Crippen LogP contribution in [0.3, 0.4) is 0 Å². The second kappa shape index (κ2) is 4.74. The van der Waals surface area contributed by atoms with Gasteiger partial charge < -0.3 is 15.6 Å². The summed E-state index contributed by atoms with van der Waals surface area (Å²) in [5.41, 5.74) is 6.91. The smallest absolute Gasteiger partial charge is 0.145 e. The Morgan fingerprint density at radius 3 is 2.53 bits per heavy atom. The topological polar surface area (TPSA) is 55.5 Å². The van der Waals surface area contributed by atoms with Crippen molar-refractivity contribution in [3.63, 3.8) is 0 Å². The number of rotatable bonds is 3. The van der Waals surface area contributed by atoms with Crippen molar-refractivity contribution in [2.75, 3.05) is 5.73 Å². The number of ether oxygens (including phenoxy) is 1. The maximum atomic E-state index is 13.0. The molecule has 2 aromatic carbocycles. The lowest BCUT2D eigenvalue weighted by atomic mass is 10.2. The van der Waals surface area contributed by atoms with Crippen LogP contribution < -0.4 is 10.5 Å². The lowest BCUT2D eigenvalue weighted by Gasteiger charge is -2.08. The van der Waals surface area contributed by atoms with Gasteiger partial charge in [-0.3, -0.25) is 0 Å². The highest BCUT2D eigenvalue weighted by Crippen LogP contribution is 2.23. The molecule has 4 heteroatoms. The van der Waals surface area contributed by atoms with E-state index in [-0.39, 0.29) is 18.2 Å². The number of benzene rings is 2. The van der Waals surface area contributed by atoms with Crippen molar-refractivity contribution in [2.45, 2.75) is 6.61 Å². The lowest BCUT2D eigenvalue weighted by molar-refractivity contribution is 0.306. The van der Waals surface area contributed by atoms with Gasteiger partial charge >= 0.3 is 0 Å². The van der Waals surface area contributed by atoms with Gasteiger partial charge in [0.2, 0.25) is 0 Å². The first-order valence-electron chi connectivity index (χ1n) is 5.11. The molecule has 0 unspecified atom stereocenters. The van der Waals surface area contributed by atoms with Gasteiger partial charge in [-0.1, -0.05) is 12.1 Å². The van der Waals surface area contributed by atoms with E-state index in [2.05, 4.69) is 0 Å². The number of hydrogen-bond acceptors (Lipinski definition) is 3. The molecule has 0 bridgehead atoms. The Kier molecular flexibility index (Phi) is 3.14. The monoisotopic (exact) mass is 233 g/mol. The van der Waals surface area contributed by atoms with E-state index in [0.717, 1.165) is 5.56 Å². The molecule has 2 aromatic rings. The third-order valence-corrected chi connectivity index (χ3v) is 2.31. The van der Waals surface area contributed by atoms with E-state index in [1.54, 1.807) is 24.3 Å². The van der Waals surface area contributed by atoms with Gasteiger partial charge in [-0.15, -0.1) is 0 Å². The number of hydrogen-bond donors (Lipinski definition) is 2. The lowest BCUT2D eigenvalue weighted by Crippen LogP contribution is -1.99. The number of aromatic hydroxyl groups is 1. The summed E-state index contributed by atoms with van der Waals surface area (Å²) in [4.78, 5) is 0. The van der Waals surface area contributed by atoms with Gasteiger partial charge in [0.1, 0.15) is 23.9 Å². The Balaban J connectivity index is 2.07. The van der Waals surface area contributed by atoms with Crippen LogP contribution in [0.25, 0.3) is 0 Å². The average molecular weight is 233 g/mol. The predicted molar refractivity (Wildman–Crippen MR) is 63.3 cm³/mol. The number of phenolic OH excluding ortho intramolecular Hbond substituents is 1. The molecule has 0 saturated heterocycles. The van der Waals surface area contributed by atoms with Crippen molar-refractivity contribution in [2.24, 2.45) is 0 Å². The summed E-state index contributed by atoms with van der Waals surface area (Å²) in [6.45, 7) is 0.272. The van der Waals surface area contributed by atoms with Crippen LogP contribution in [-0.2, 0) is 6.61 Å². The summed E-state index contributed by atoms with van der Waals surface area (Å²) in [5, 5.41) is 9.11. The minimum atomic E-state index is -0.389. The van der Waals surface area contributed by atoms with Gasteiger partial charge in [0.25, 0.3) is 0 Å². The van der Waals surface area contributed by atoms with E-state index >= 15 is 0 Å². The SMILES string of the molecule is Nc1ccc(F)cc1OCc1ccc(O)cc1. The van der Waals surface area contributed by atoms with Gasteiger partial charge in [-0.05, 0) is 29.8 Å². The van der Waals surface area contributed by atoms with E-state index in [0.29, 0.717) is 11.4 Å². The van der Waals surface area contributed by atoms with Crippen LogP contribution in [0.15, 0.2) is 42.5 Å². The summed E-state index contributed by atoms with van der Waals surface area (Å²) >= 11 is 0. The van der Waals surface area contributed by atoms with Crippen molar-refractivity contribution in [3.05, 3.63) is 53.8 Å². The quantitative estimate of drug-likeness (QED) is 0.801. The number of nitrogens with two attached hydrogens (primary N) is 1. The fourth-order valence-corrected chi connectivity index (χ4v) is 1.39. The molecule has 0 aliphatic heterocycles. The minimum Gasteiger partial charge on any atom is -0.508 e. The molecular weight excluding hydrogens is 221 g/mol. The van der Waals surface area contributed by atoms with Crippen LogP contribution >= 0.6 is 0 Å². The fourth-order valence-electron chi connectivity index (χ4n) is 1.39. The van der Waals surface area contributed by atoms with Crippen LogP contribution in [0.2, 0.25) is 0 Å². The molecule has 0 fully saturated rings. The van der Waals surface area contributed by atoms with Gasteiger partial charge in [0.15, 0.2) is 0 Å². The molecule has 2 rings (SSSR count). The molecule has 0 aliphatic rings. The van der Waals surface area contributed by atoms with E-state index in [1.165, 1.54) is 18.2 Å². The zero-order valence-corrected chi connectivity index (χ0v) is 9.06. The molecule has 17 heavy (non-hydrogen) atoms. The molecule has 0 saturated carbocycles. The molecule has 0 radical (unpaired) electrons. The van der Waals surface area contributed by atoms with Gasteiger partial charge in [-0.25, -0.2) is 4.39 Å². The van der Waals surface area contributed by atoms with E-state index in [9.17, 15) is 4.39 Å². The van der Waals surface area contributed by atoms with Crippen molar-refractivity contribution in [1.29, 1.82) is 0 Å². The summed E-state index contributed by atoms with van der Waals surface area (Å²) in [6.07, 6.45) is 0. The highest BCUT2D eigenvalue weighted by atomic mass is 19.1. The van der Waals surface area contributed by atoms with Crippen LogP contribution in [0.1, 0.15) is 5.56 Å². The van der Waals surface area contributed by atoms with Gasteiger partial charge in [0.05, 0.1) is 5.69 Å². The average Bonchev–Trinajstić information content (AvgIpc) is 2.32. The highest BCUT2D eigenvalue weighted by molar-refractivity contribution is 5.52. The highest BCUT2D eigenvalue weighted by Gasteiger charge is 2.02. The molecule has 3 nitrogen and oxygen atoms in total. The van der Waals surface area contributed by atoms with Crippen molar-refractivity contribution < 1.29 is 14.2 Å². The predicted octanol–water partition coefficient (Wildman–Crippen LogP) is 2.69. The van der Waals surface area contributed by atoms with E-state index < -0.39 is 0 Å². The molecule has 0 spiro atoms. The van der Waals surface area contributed by atoms with E-state index in [4.69, 9.17) is 15.6 Å². The number of halogens is 1. The molecule has 0 amide bonds. The number of nitrogen functional groups attached to an aromatic ring is 1. The summed E-state index contributed by atoms with van der Waals surface area (Å²) in [5.74, 6) is 0.122. The Labute approximate surface area is 98.3 Å². The van der Waals surface area contributed by atoms with Crippen LogP contribution in [0, 0.1) is 5.82 Å². The normalized spacial score (nSPS) is 10.2. The Morgan fingerprint density at radius 1 is 1.12 bits per heavy atom. The first-order chi connectivity index (χ1) is 8.15. The van der Waals surface area contributed by atoms with Gasteiger partial charge in [0, 0.05) is 6.07 Å². The third-order valence-electron chi connectivity index (χ3n) is 2.31. The fraction of sp³-hybridized carbons (Fsp3) is 0.0769. The van der Waals surface area contributed by atoms with Crippen LogP contribution in [0.4, 0.5) is 10.1 Å². The Bertz CT molecular complexity index is 511. The summed E-state index contributed by atoms with van der Waals surface area (Å²) < 4.78 is 18.4. The van der Waals surface area contributed by atoms with Crippen molar-refractivity contribution in [3.8, 4) is 11.5 Å². The Morgan fingerprint density at radius 2 is 1.82 bits per heavy atom. The second-order valence-corrected chi connectivity index (χ2v) is 3.64. The van der Waals surface area contributed by atoms with E-state index in [1.807, 2.05) is 0 Å². The number of phenols is 1. The molecule has 3 N–H and O–H groups in total. The first-order valence-corrected chi connectivity index (χ1v) is 5.11.